The lowest BCUT2D eigenvalue weighted by atomic mass is 10.1. The summed E-state index contributed by atoms with van der Waals surface area (Å²) < 4.78 is 53.4. The minimum Gasteiger partial charge on any atom is -0.277 e. The fourth-order valence-corrected chi connectivity index (χ4v) is 3.36. The van der Waals surface area contributed by atoms with Crippen molar-refractivity contribution in [2.75, 3.05) is 4.72 Å². The Hall–Kier alpha value is -2.55. The van der Waals surface area contributed by atoms with Crippen LogP contribution in [0.1, 0.15) is 11.1 Å². The molecular weight excluding hydrogens is 330 g/mol. The molecule has 0 atom stereocenters. The molecule has 9 heteroatoms. The van der Waals surface area contributed by atoms with Crippen LogP contribution < -0.4 is 4.72 Å². The second-order valence-electron chi connectivity index (χ2n) is 4.87. The van der Waals surface area contributed by atoms with E-state index in [4.69, 9.17) is 0 Å². The molecule has 0 saturated heterocycles. The minimum absolute atomic E-state index is 0.278. The third kappa shape index (κ3) is 3.45. The van der Waals surface area contributed by atoms with Gasteiger partial charge in [-0.1, -0.05) is 0 Å². The Morgan fingerprint density at radius 2 is 1.78 bits per heavy atom. The molecular formula is C14H12F2N2O4S. The molecule has 2 rings (SSSR count). The monoisotopic (exact) mass is 342 g/mol. The summed E-state index contributed by atoms with van der Waals surface area (Å²) >= 11 is 0. The maximum atomic E-state index is 13.6. The maximum Gasteiger partial charge on any atom is 0.271 e. The average Bonchev–Trinajstić information content (AvgIpc) is 2.44. The van der Waals surface area contributed by atoms with E-state index in [2.05, 4.69) is 0 Å². The Morgan fingerprint density at radius 3 is 2.39 bits per heavy atom. The quantitative estimate of drug-likeness (QED) is 0.682. The van der Waals surface area contributed by atoms with Crippen LogP contribution in [0, 0.1) is 35.6 Å². The molecule has 0 fully saturated rings. The summed E-state index contributed by atoms with van der Waals surface area (Å²) in [5.41, 5.74) is -0.319. The Balaban J connectivity index is 2.56. The highest BCUT2D eigenvalue weighted by Gasteiger charge is 2.23. The van der Waals surface area contributed by atoms with Gasteiger partial charge in [0.25, 0.3) is 15.7 Å². The molecule has 0 aliphatic heterocycles. The molecule has 0 spiro atoms. The summed E-state index contributed by atoms with van der Waals surface area (Å²) in [4.78, 5) is 9.79. The molecule has 0 radical (unpaired) electrons. The number of hydrogen-bond donors (Lipinski definition) is 1. The molecule has 0 aliphatic carbocycles. The van der Waals surface area contributed by atoms with E-state index < -0.39 is 38.0 Å². The molecule has 2 aromatic rings. The van der Waals surface area contributed by atoms with E-state index in [0.717, 1.165) is 18.2 Å². The fraction of sp³-hybridized carbons (Fsp3) is 0.143. The van der Waals surface area contributed by atoms with E-state index in [1.165, 1.54) is 19.9 Å². The van der Waals surface area contributed by atoms with E-state index in [1.54, 1.807) is 0 Å². The van der Waals surface area contributed by atoms with Crippen molar-refractivity contribution in [2.45, 2.75) is 18.7 Å². The smallest absolute Gasteiger partial charge is 0.271 e. The maximum absolute atomic E-state index is 13.6. The van der Waals surface area contributed by atoms with Crippen molar-refractivity contribution in [3.05, 3.63) is 63.2 Å². The Kier molecular flexibility index (Phi) is 4.33. The van der Waals surface area contributed by atoms with Crippen LogP contribution in [0.4, 0.5) is 20.2 Å². The lowest BCUT2D eigenvalue weighted by Gasteiger charge is -2.12. The number of nitrogens with zero attached hydrogens (tertiary/aromatic N) is 1. The van der Waals surface area contributed by atoms with Crippen LogP contribution in [-0.2, 0) is 10.0 Å². The average molecular weight is 342 g/mol. The Bertz CT molecular complexity index is 898. The van der Waals surface area contributed by atoms with E-state index in [9.17, 15) is 27.3 Å². The van der Waals surface area contributed by atoms with Gasteiger partial charge in [-0.05, 0) is 37.1 Å². The number of anilines is 1. The molecule has 0 bridgehead atoms. The molecule has 0 aliphatic rings. The van der Waals surface area contributed by atoms with E-state index in [1.807, 2.05) is 4.72 Å². The van der Waals surface area contributed by atoms with Crippen molar-refractivity contribution in [1.82, 2.24) is 0 Å². The zero-order valence-corrected chi connectivity index (χ0v) is 12.9. The molecule has 0 unspecified atom stereocenters. The Labute approximate surface area is 131 Å². The highest BCUT2D eigenvalue weighted by atomic mass is 32.2. The summed E-state index contributed by atoms with van der Waals surface area (Å²) in [5, 5.41) is 10.9. The molecule has 2 aromatic carbocycles. The van der Waals surface area contributed by atoms with Gasteiger partial charge in [0.05, 0.1) is 15.5 Å². The summed E-state index contributed by atoms with van der Waals surface area (Å²) in [6.45, 7) is 2.99. The molecule has 0 aromatic heterocycles. The lowest BCUT2D eigenvalue weighted by Crippen LogP contribution is -2.16. The van der Waals surface area contributed by atoms with Gasteiger partial charge < -0.3 is 0 Å². The third-order valence-corrected chi connectivity index (χ3v) is 4.77. The Morgan fingerprint density at radius 1 is 1.13 bits per heavy atom. The van der Waals surface area contributed by atoms with Crippen LogP contribution in [0.15, 0.2) is 35.2 Å². The van der Waals surface area contributed by atoms with Crippen LogP contribution in [-0.4, -0.2) is 13.3 Å². The predicted molar refractivity (Wildman–Crippen MR) is 79.7 cm³/mol. The van der Waals surface area contributed by atoms with E-state index >= 15 is 0 Å². The normalized spacial score (nSPS) is 11.3. The van der Waals surface area contributed by atoms with Gasteiger partial charge in [0, 0.05) is 18.2 Å². The van der Waals surface area contributed by atoms with Crippen molar-refractivity contribution < 1.29 is 22.1 Å². The first kappa shape index (κ1) is 16.8. The van der Waals surface area contributed by atoms with E-state index in [0.29, 0.717) is 11.6 Å². The summed E-state index contributed by atoms with van der Waals surface area (Å²) in [6.07, 6.45) is 0. The number of hydrogen-bond acceptors (Lipinski definition) is 4. The van der Waals surface area contributed by atoms with Crippen molar-refractivity contribution in [1.29, 1.82) is 0 Å². The van der Waals surface area contributed by atoms with Crippen molar-refractivity contribution in [3.8, 4) is 0 Å². The second kappa shape index (κ2) is 5.92. The summed E-state index contributed by atoms with van der Waals surface area (Å²) in [6, 6.07) is 4.42. The molecule has 122 valence electrons. The lowest BCUT2D eigenvalue weighted by molar-refractivity contribution is -0.385. The number of non-ortho nitro benzene ring substituents is 1. The molecule has 0 heterocycles. The van der Waals surface area contributed by atoms with Gasteiger partial charge in [-0.15, -0.1) is 0 Å². The molecule has 0 amide bonds. The second-order valence-corrected chi connectivity index (χ2v) is 6.52. The topological polar surface area (TPSA) is 89.3 Å². The molecule has 6 nitrogen and oxygen atoms in total. The minimum atomic E-state index is -4.32. The first-order chi connectivity index (χ1) is 10.6. The molecule has 1 N–H and O–H groups in total. The first-order valence-corrected chi connectivity index (χ1v) is 7.83. The van der Waals surface area contributed by atoms with Crippen LogP contribution in [0.2, 0.25) is 0 Å². The molecule has 23 heavy (non-hydrogen) atoms. The van der Waals surface area contributed by atoms with Crippen LogP contribution >= 0.6 is 0 Å². The number of sulfonamides is 1. The van der Waals surface area contributed by atoms with Gasteiger partial charge in [-0.25, -0.2) is 17.2 Å². The van der Waals surface area contributed by atoms with Crippen LogP contribution in [0.5, 0.6) is 0 Å². The number of nitro groups is 1. The number of aryl methyl sites for hydroxylation is 1. The standard InChI is InChI=1S/C14H12F2N2O4S/c1-8-5-11(18(19)20)7-14(9(8)2)23(21,22)17-13-6-10(15)3-4-12(13)16/h3-7,17H,1-2H3. The van der Waals surface area contributed by atoms with Crippen LogP contribution in [0.3, 0.4) is 0 Å². The van der Waals surface area contributed by atoms with Gasteiger partial charge in [-0.2, -0.15) is 0 Å². The number of halogens is 2. The zero-order valence-electron chi connectivity index (χ0n) is 12.1. The van der Waals surface area contributed by atoms with Gasteiger partial charge in [0.1, 0.15) is 11.6 Å². The fourth-order valence-electron chi connectivity index (χ4n) is 1.97. The highest BCUT2D eigenvalue weighted by Crippen LogP contribution is 2.27. The van der Waals surface area contributed by atoms with Crippen LogP contribution in [0.25, 0.3) is 0 Å². The molecule has 0 saturated carbocycles. The van der Waals surface area contributed by atoms with Gasteiger partial charge in [0.15, 0.2) is 0 Å². The number of benzene rings is 2. The SMILES string of the molecule is Cc1cc([N+](=O)[O-])cc(S(=O)(=O)Nc2cc(F)ccc2F)c1C. The van der Waals surface area contributed by atoms with Gasteiger partial charge >= 0.3 is 0 Å². The number of nitro benzene ring substituents is 1. The number of rotatable bonds is 4. The van der Waals surface area contributed by atoms with E-state index in [-0.39, 0.29) is 10.5 Å². The van der Waals surface area contributed by atoms with Gasteiger partial charge in [-0.3, -0.25) is 14.8 Å². The van der Waals surface area contributed by atoms with Crippen molar-refractivity contribution >= 4 is 21.4 Å². The summed E-state index contributed by atoms with van der Waals surface area (Å²) in [7, 11) is -4.32. The first-order valence-electron chi connectivity index (χ1n) is 6.35. The van der Waals surface area contributed by atoms with Gasteiger partial charge in [0.2, 0.25) is 0 Å². The van der Waals surface area contributed by atoms with Crippen molar-refractivity contribution in [3.63, 3.8) is 0 Å². The third-order valence-electron chi connectivity index (χ3n) is 3.28. The van der Waals surface area contributed by atoms with Crippen molar-refractivity contribution in [2.24, 2.45) is 0 Å². The predicted octanol–water partition coefficient (Wildman–Crippen LogP) is 3.29. The number of nitrogens with one attached hydrogen (secondary N) is 1. The largest absolute Gasteiger partial charge is 0.277 e. The summed E-state index contributed by atoms with van der Waals surface area (Å²) in [5.74, 6) is -1.79. The highest BCUT2D eigenvalue weighted by molar-refractivity contribution is 7.92. The zero-order chi connectivity index (χ0) is 17.4.